The average molecular weight is 367 g/mol. The third kappa shape index (κ3) is 4.20. The maximum atomic E-state index is 13.8. The highest BCUT2D eigenvalue weighted by molar-refractivity contribution is 6.06. The number of fused-ring (bicyclic) bond motifs is 1. The third-order valence-electron chi connectivity index (χ3n) is 3.80. The molecule has 0 aliphatic heterocycles. The second-order valence-electron chi connectivity index (χ2n) is 5.81. The molecular weight excluding hydrogens is 349 g/mol. The Morgan fingerprint density at radius 1 is 1.11 bits per heavy atom. The molecule has 0 atom stereocenters. The zero-order valence-electron chi connectivity index (χ0n) is 14.9. The van der Waals surface area contributed by atoms with E-state index in [0.29, 0.717) is 28.0 Å². The van der Waals surface area contributed by atoms with Crippen LogP contribution in [-0.2, 0) is 9.53 Å². The second kappa shape index (κ2) is 7.82. The zero-order valence-corrected chi connectivity index (χ0v) is 14.9. The van der Waals surface area contributed by atoms with Gasteiger partial charge in [0.25, 0.3) is 0 Å². The van der Waals surface area contributed by atoms with Crippen LogP contribution in [0.5, 0.6) is 0 Å². The molecule has 3 aromatic rings. The fourth-order valence-corrected chi connectivity index (χ4v) is 2.65. The molecule has 1 aromatic heterocycles. The highest BCUT2D eigenvalue weighted by Crippen LogP contribution is 2.30. The van der Waals surface area contributed by atoms with Crippen LogP contribution in [0.25, 0.3) is 10.9 Å². The number of nitrogens with zero attached hydrogens (tertiary/aromatic N) is 1. The van der Waals surface area contributed by atoms with Crippen LogP contribution >= 0.6 is 0 Å². The molecule has 6 nitrogen and oxygen atoms in total. The van der Waals surface area contributed by atoms with Gasteiger partial charge < -0.3 is 15.4 Å². The van der Waals surface area contributed by atoms with Crippen molar-refractivity contribution in [3.63, 3.8) is 0 Å². The number of hydrogen-bond acceptors (Lipinski definition) is 5. The number of ether oxygens (including phenoxy) is 1. The molecule has 1 amide bonds. The number of carbonyl (C=O) groups excluding carboxylic acids is 2. The number of hydrogen-bond donors (Lipinski definition) is 2. The number of esters is 1. The van der Waals surface area contributed by atoms with Gasteiger partial charge in [0.1, 0.15) is 11.4 Å². The van der Waals surface area contributed by atoms with Crippen LogP contribution in [0.2, 0.25) is 0 Å². The first-order valence-electron chi connectivity index (χ1n) is 8.38. The number of benzene rings is 2. The van der Waals surface area contributed by atoms with E-state index in [4.69, 9.17) is 4.74 Å². The highest BCUT2D eigenvalue weighted by atomic mass is 19.1. The summed E-state index contributed by atoms with van der Waals surface area (Å²) >= 11 is 0. The summed E-state index contributed by atoms with van der Waals surface area (Å²) in [5.41, 5.74) is 2.46. The van der Waals surface area contributed by atoms with E-state index < -0.39 is 11.8 Å². The summed E-state index contributed by atoms with van der Waals surface area (Å²) in [4.78, 5) is 27.7. The van der Waals surface area contributed by atoms with Gasteiger partial charge in [-0.3, -0.25) is 9.78 Å². The molecule has 0 radical (unpaired) electrons. The first-order valence-corrected chi connectivity index (χ1v) is 8.38. The number of amides is 1. The van der Waals surface area contributed by atoms with Crippen molar-refractivity contribution in [3.8, 4) is 0 Å². The van der Waals surface area contributed by atoms with Crippen molar-refractivity contribution in [1.29, 1.82) is 0 Å². The molecule has 138 valence electrons. The first kappa shape index (κ1) is 18.3. The summed E-state index contributed by atoms with van der Waals surface area (Å²) in [7, 11) is 0. The van der Waals surface area contributed by atoms with E-state index in [1.165, 1.54) is 25.3 Å². The van der Waals surface area contributed by atoms with Crippen molar-refractivity contribution >= 4 is 39.8 Å². The monoisotopic (exact) mass is 367 g/mol. The summed E-state index contributed by atoms with van der Waals surface area (Å²) in [5, 5.41) is 6.29. The van der Waals surface area contributed by atoms with E-state index in [9.17, 15) is 14.0 Å². The maximum Gasteiger partial charge on any atom is 0.341 e. The predicted octanol–water partition coefficient (Wildman–Crippen LogP) is 4.25. The number of pyridine rings is 1. The van der Waals surface area contributed by atoms with Gasteiger partial charge in [-0.25, -0.2) is 9.18 Å². The van der Waals surface area contributed by atoms with Gasteiger partial charge in [-0.1, -0.05) is 0 Å². The standard InChI is InChI=1S/C20H18FN3O3/c1-3-27-20(26)17-11-22-18-9-4-13(21)10-16(18)19(17)24-15-7-5-14(6-8-15)23-12(2)25/h4-11H,3H2,1-2H3,(H,22,24)(H,23,25). The van der Waals surface area contributed by atoms with Gasteiger partial charge in [0.15, 0.2) is 0 Å². The van der Waals surface area contributed by atoms with Gasteiger partial charge >= 0.3 is 5.97 Å². The topological polar surface area (TPSA) is 80.3 Å². The van der Waals surface area contributed by atoms with Gasteiger partial charge in [-0.15, -0.1) is 0 Å². The molecule has 2 N–H and O–H groups in total. The lowest BCUT2D eigenvalue weighted by atomic mass is 10.1. The van der Waals surface area contributed by atoms with Crippen molar-refractivity contribution in [2.45, 2.75) is 13.8 Å². The second-order valence-corrected chi connectivity index (χ2v) is 5.81. The number of rotatable bonds is 5. The summed E-state index contributed by atoms with van der Waals surface area (Å²) < 4.78 is 18.9. The first-order chi connectivity index (χ1) is 13.0. The van der Waals surface area contributed by atoms with Gasteiger partial charge in [0.05, 0.1) is 17.8 Å². The number of aromatic nitrogens is 1. The molecule has 1 heterocycles. The van der Waals surface area contributed by atoms with Gasteiger partial charge in [0, 0.05) is 29.9 Å². The van der Waals surface area contributed by atoms with Crippen LogP contribution in [-0.4, -0.2) is 23.5 Å². The molecule has 0 saturated carbocycles. The highest BCUT2D eigenvalue weighted by Gasteiger charge is 2.17. The molecule has 0 fully saturated rings. The Bertz CT molecular complexity index is 1000. The van der Waals surface area contributed by atoms with Crippen molar-refractivity contribution < 1.29 is 18.7 Å². The van der Waals surface area contributed by atoms with Crippen molar-refractivity contribution in [2.75, 3.05) is 17.2 Å². The molecular formula is C20H18FN3O3. The lowest BCUT2D eigenvalue weighted by molar-refractivity contribution is -0.114. The summed E-state index contributed by atoms with van der Waals surface area (Å²) in [5.74, 6) is -1.15. The fraction of sp³-hybridized carbons (Fsp3) is 0.150. The molecule has 0 saturated heterocycles. The maximum absolute atomic E-state index is 13.8. The largest absolute Gasteiger partial charge is 0.462 e. The molecule has 0 unspecified atom stereocenters. The third-order valence-corrected chi connectivity index (χ3v) is 3.80. The Kier molecular flexibility index (Phi) is 5.30. The number of nitrogens with one attached hydrogen (secondary N) is 2. The lowest BCUT2D eigenvalue weighted by Crippen LogP contribution is -2.09. The van der Waals surface area contributed by atoms with Crippen molar-refractivity contribution in [1.82, 2.24) is 4.98 Å². The smallest absolute Gasteiger partial charge is 0.341 e. The molecule has 3 rings (SSSR count). The van der Waals surface area contributed by atoms with E-state index in [1.54, 1.807) is 37.3 Å². The summed E-state index contributed by atoms with van der Waals surface area (Å²) in [6, 6.07) is 11.1. The summed E-state index contributed by atoms with van der Waals surface area (Å²) in [6.07, 6.45) is 1.41. The number of halogens is 1. The van der Waals surface area contributed by atoms with Crippen molar-refractivity contribution in [3.05, 3.63) is 60.0 Å². The van der Waals surface area contributed by atoms with Gasteiger partial charge in [-0.2, -0.15) is 0 Å². The van der Waals surface area contributed by atoms with Crippen LogP contribution in [0.4, 0.5) is 21.5 Å². The quantitative estimate of drug-likeness (QED) is 0.659. The Labute approximate surface area is 155 Å². The van der Waals surface area contributed by atoms with E-state index in [-0.39, 0.29) is 18.1 Å². The molecule has 2 aromatic carbocycles. The molecule has 0 bridgehead atoms. The minimum Gasteiger partial charge on any atom is -0.462 e. The molecule has 0 aliphatic carbocycles. The Balaban J connectivity index is 2.04. The van der Waals surface area contributed by atoms with E-state index in [0.717, 1.165) is 0 Å². The van der Waals surface area contributed by atoms with Crippen LogP contribution in [0.3, 0.4) is 0 Å². The summed E-state index contributed by atoms with van der Waals surface area (Å²) in [6.45, 7) is 3.35. The Morgan fingerprint density at radius 3 is 2.48 bits per heavy atom. The SMILES string of the molecule is CCOC(=O)c1cnc2ccc(F)cc2c1Nc1ccc(NC(C)=O)cc1. The Morgan fingerprint density at radius 2 is 1.81 bits per heavy atom. The molecule has 7 heteroatoms. The molecule has 27 heavy (non-hydrogen) atoms. The average Bonchev–Trinajstić information content (AvgIpc) is 2.63. The van der Waals surface area contributed by atoms with Gasteiger partial charge in [0.2, 0.25) is 5.91 Å². The van der Waals surface area contributed by atoms with E-state index in [1.807, 2.05) is 0 Å². The minimum atomic E-state index is -0.548. The number of anilines is 3. The predicted molar refractivity (Wildman–Crippen MR) is 102 cm³/mol. The minimum absolute atomic E-state index is 0.170. The van der Waals surface area contributed by atoms with Crippen LogP contribution in [0.15, 0.2) is 48.7 Å². The van der Waals surface area contributed by atoms with Crippen molar-refractivity contribution in [2.24, 2.45) is 0 Å². The van der Waals surface area contributed by atoms with Crippen LogP contribution in [0, 0.1) is 5.82 Å². The molecule has 0 spiro atoms. The van der Waals surface area contributed by atoms with Gasteiger partial charge in [-0.05, 0) is 49.4 Å². The normalized spacial score (nSPS) is 10.5. The number of carbonyl (C=O) groups is 2. The molecule has 0 aliphatic rings. The van der Waals surface area contributed by atoms with E-state index in [2.05, 4.69) is 15.6 Å². The fourth-order valence-electron chi connectivity index (χ4n) is 2.65. The van der Waals surface area contributed by atoms with Crippen LogP contribution in [0.1, 0.15) is 24.2 Å². The van der Waals surface area contributed by atoms with E-state index >= 15 is 0 Å². The Hall–Kier alpha value is -3.48. The zero-order chi connectivity index (χ0) is 19.4. The van der Waals surface area contributed by atoms with Crippen LogP contribution < -0.4 is 10.6 Å². The lowest BCUT2D eigenvalue weighted by Gasteiger charge is -2.14.